The van der Waals surface area contributed by atoms with Gasteiger partial charge in [-0.1, -0.05) is 30.3 Å². The summed E-state index contributed by atoms with van der Waals surface area (Å²) in [4.78, 5) is 4.18. The minimum Gasteiger partial charge on any atom is -0.496 e. The summed E-state index contributed by atoms with van der Waals surface area (Å²) in [7, 11) is -2.03. The average Bonchev–Trinajstić information content (AvgIpc) is 2.66. The number of pyridine rings is 1. The minimum absolute atomic E-state index is 0.237. The van der Waals surface area contributed by atoms with Crippen molar-refractivity contribution in [3.63, 3.8) is 0 Å². The molecule has 2 N–H and O–H groups in total. The number of hydrogen-bond donors (Lipinski definition) is 1. The summed E-state index contributed by atoms with van der Waals surface area (Å²) in [5.41, 5.74) is 4.10. The summed E-state index contributed by atoms with van der Waals surface area (Å²) in [5, 5.41) is 5.22. The van der Waals surface area contributed by atoms with Gasteiger partial charge >= 0.3 is 0 Å². The van der Waals surface area contributed by atoms with Gasteiger partial charge in [-0.3, -0.25) is 4.98 Å². The maximum absolute atomic E-state index is 11.5. The molecule has 0 amide bonds. The number of fused-ring (bicyclic) bond motifs is 3. The van der Waals surface area contributed by atoms with Crippen LogP contribution in [0.2, 0.25) is 0 Å². The highest BCUT2D eigenvalue weighted by Gasteiger charge is 2.30. The lowest BCUT2D eigenvalue weighted by Gasteiger charge is -2.30. The number of benzene rings is 2. The molecule has 0 radical (unpaired) electrons. The fourth-order valence-corrected chi connectivity index (χ4v) is 4.04. The third-order valence-corrected chi connectivity index (χ3v) is 5.21. The molecule has 2 aromatic carbocycles. The van der Waals surface area contributed by atoms with Gasteiger partial charge in [0.25, 0.3) is 0 Å². The highest BCUT2D eigenvalue weighted by molar-refractivity contribution is 7.88. The van der Waals surface area contributed by atoms with Gasteiger partial charge < -0.3 is 9.47 Å². The van der Waals surface area contributed by atoms with E-state index in [-0.39, 0.29) is 5.75 Å². The highest BCUT2D eigenvalue weighted by Crippen LogP contribution is 2.48. The Morgan fingerprint density at radius 3 is 2.74 bits per heavy atom. The Bertz CT molecular complexity index is 1100. The second-order valence-corrected chi connectivity index (χ2v) is 7.96. The Morgan fingerprint density at radius 2 is 2.04 bits per heavy atom. The van der Waals surface area contributed by atoms with Crippen LogP contribution < -0.4 is 14.6 Å². The van der Waals surface area contributed by atoms with Gasteiger partial charge in [-0.2, -0.15) is 0 Å². The molecule has 6 nitrogen and oxygen atoms in total. The van der Waals surface area contributed by atoms with Crippen LogP contribution in [0, 0.1) is 0 Å². The van der Waals surface area contributed by atoms with Crippen molar-refractivity contribution in [3.8, 4) is 22.6 Å². The van der Waals surface area contributed by atoms with Crippen LogP contribution in [-0.4, -0.2) is 20.5 Å². The van der Waals surface area contributed by atoms with Gasteiger partial charge in [0, 0.05) is 23.5 Å². The molecule has 0 fully saturated rings. The molecule has 0 spiro atoms. The van der Waals surface area contributed by atoms with Crippen molar-refractivity contribution in [1.82, 2.24) is 4.98 Å². The van der Waals surface area contributed by atoms with Gasteiger partial charge in [-0.05, 0) is 29.3 Å². The average molecular weight is 382 g/mol. The van der Waals surface area contributed by atoms with Gasteiger partial charge in [-0.15, -0.1) is 0 Å². The molecule has 0 aliphatic carbocycles. The van der Waals surface area contributed by atoms with Crippen molar-refractivity contribution >= 4 is 10.0 Å². The van der Waals surface area contributed by atoms with Crippen molar-refractivity contribution in [2.45, 2.75) is 11.9 Å². The first-order valence-electron chi connectivity index (χ1n) is 8.33. The van der Waals surface area contributed by atoms with Crippen molar-refractivity contribution in [2.75, 3.05) is 7.11 Å². The van der Waals surface area contributed by atoms with Gasteiger partial charge in [0.05, 0.1) is 18.4 Å². The van der Waals surface area contributed by atoms with E-state index in [1.807, 2.05) is 42.5 Å². The van der Waals surface area contributed by atoms with Crippen LogP contribution >= 0.6 is 0 Å². The fraction of sp³-hybridized carbons (Fsp3) is 0.150. The molecule has 0 saturated heterocycles. The summed E-state index contributed by atoms with van der Waals surface area (Å²) < 4.78 is 34.9. The zero-order valence-corrected chi connectivity index (χ0v) is 15.4. The zero-order chi connectivity index (χ0) is 19.0. The van der Waals surface area contributed by atoms with E-state index in [4.69, 9.17) is 14.6 Å². The number of sulfonamides is 1. The molecular formula is C20H18N2O4S. The predicted molar refractivity (Wildman–Crippen MR) is 102 cm³/mol. The Labute approximate surface area is 157 Å². The minimum atomic E-state index is -3.64. The number of methoxy groups -OCH3 is 1. The van der Waals surface area contributed by atoms with E-state index in [2.05, 4.69) is 4.98 Å². The molecule has 0 saturated carbocycles. The fourth-order valence-electron chi connectivity index (χ4n) is 3.39. The Balaban J connectivity index is 1.93. The lowest BCUT2D eigenvalue weighted by molar-refractivity contribution is 0.241. The number of nitrogens with two attached hydrogens (primary N) is 1. The maximum Gasteiger partial charge on any atom is 0.213 e. The van der Waals surface area contributed by atoms with Crippen LogP contribution in [0.3, 0.4) is 0 Å². The number of ether oxygens (including phenoxy) is 2. The monoisotopic (exact) mass is 382 g/mol. The molecule has 3 aromatic rings. The van der Waals surface area contributed by atoms with E-state index in [0.717, 1.165) is 22.3 Å². The lowest BCUT2D eigenvalue weighted by atomic mass is 9.88. The quantitative estimate of drug-likeness (QED) is 0.749. The van der Waals surface area contributed by atoms with Gasteiger partial charge in [-0.25, -0.2) is 13.6 Å². The Kier molecular flexibility index (Phi) is 4.33. The second kappa shape index (κ2) is 6.68. The first-order chi connectivity index (χ1) is 13.0. The Hall–Kier alpha value is -2.90. The molecule has 27 heavy (non-hydrogen) atoms. The lowest BCUT2D eigenvalue weighted by Crippen LogP contribution is -2.18. The largest absolute Gasteiger partial charge is 0.496 e. The normalized spacial score (nSPS) is 15.4. The van der Waals surface area contributed by atoms with E-state index < -0.39 is 16.1 Å². The van der Waals surface area contributed by atoms with Crippen LogP contribution in [0.15, 0.2) is 60.9 Å². The number of rotatable bonds is 4. The van der Waals surface area contributed by atoms with E-state index >= 15 is 0 Å². The van der Waals surface area contributed by atoms with Crippen molar-refractivity contribution in [3.05, 3.63) is 77.6 Å². The molecule has 1 unspecified atom stereocenters. The third-order valence-electron chi connectivity index (χ3n) is 4.48. The van der Waals surface area contributed by atoms with E-state index in [1.54, 1.807) is 25.6 Å². The zero-order valence-electron chi connectivity index (χ0n) is 14.6. The summed E-state index contributed by atoms with van der Waals surface area (Å²) in [6.07, 6.45) is 3.03. The molecule has 1 aliphatic rings. The van der Waals surface area contributed by atoms with Crippen LogP contribution in [0.4, 0.5) is 0 Å². The SMILES string of the molecule is COc1cccc2c1-c1ccc(CS(N)(=O)=O)cc1C(c1cccnc1)O2. The predicted octanol–water partition coefficient (Wildman–Crippen LogP) is 3.03. The van der Waals surface area contributed by atoms with Crippen LogP contribution in [0.5, 0.6) is 11.5 Å². The molecule has 1 atom stereocenters. The van der Waals surface area contributed by atoms with E-state index in [9.17, 15) is 8.42 Å². The molecule has 0 bridgehead atoms. The first-order valence-corrected chi connectivity index (χ1v) is 10.0. The van der Waals surface area contributed by atoms with Crippen molar-refractivity contribution < 1.29 is 17.9 Å². The summed E-state index contributed by atoms with van der Waals surface area (Å²) in [6.45, 7) is 0. The van der Waals surface area contributed by atoms with Gasteiger partial charge in [0.2, 0.25) is 10.0 Å². The molecule has 7 heteroatoms. The molecule has 138 valence electrons. The summed E-state index contributed by atoms with van der Waals surface area (Å²) in [5.74, 6) is 1.16. The van der Waals surface area contributed by atoms with Crippen molar-refractivity contribution in [1.29, 1.82) is 0 Å². The van der Waals surface area contributed by atoms with E-state index in [0.29, 0.717) is 17.1 Å². The molecule has 2 heterocycles. The second-order valence-electron chi connectivity index (χ2n) is 6.35. The smallest absolute Gasteiger partial charge is 0.213 e. The van der Waals surface area contributed by atoms with Gasteiger partial charge in [0.15, 0.2) is 6.10 Å². The number of primary sulfonamides is 1. The van der Waals surface area contributed by atoms with E-state index in [1.165, 1.54) is 0 Å². The molecule has 1 aliphatic heterocycles. The third kappa shape index (κ3) is 3.39. The molecule has 1 aromatic heterocycles. The number of nitrogens with zero attached hydrogens (tertiary/aromatic N) is 1. The summed E-state index contributed by atoms with van der Waals surface area (Å²) in [6, 6.07) is 14.9. The van der Waals surface area contributed by atoms with Crippen molar-refractivity contribution in [2.24, 2.45) is 5.14 Å². The number of aromatic nitrogens is 1. The number of hydrogen-bond acceptors (Lipinski definition) is 5. The summed E-state index contributed by atoms with van der Waals surface area (Å²) >= 11 is 0. The van der Waals surface area contributed by atoms with Gasteiger partial charge in [0.1, 0.15) is 11.5 Å². The first kappa shape index (κ1) is 17.5. The standard InChI is InChI=1S/C20H18N2O4S/c1-25-17-5-2-6-18-19(17)15-8-7-13(12-27(21,23)24)10-16(15)20(26-18)14-4-3-9-22-11-14/h2-11,20H,12H2,1H3,(H2,21,23,24). The Morgan fingerprint density at radius 1 is 1.19 bits per heavy atom. The van der Waals surface area contributed by atoms with Crippen LogP contribution in [0.1, 0.15) is 22.8 Å². The van der Waals surface area contributed by atoms with Crippen LogP contribution in [-0.2, 0) is 15.8 Å². The topological polar surface area (TPSA) is 91.5 Å². The maximum atomic E-state index is 11.5. The highest BCUT2D eigenvalue weighted by atomic mass is 32.2. The molecule has 4 rings (SSSR count). The van der Waals surface area contributed by atoms with Crippen LogP contribution in [0.25, 0.3) is 11.1 Å². The molecular weight excluding hydrogens is 364 g/mol.